The van der Waals surface area contributed by atoms with Crippen LogP contribution in [0, 0.1) is 0 Å². The molecular formula is C25H21BrN2O4. The Labute approximate surface area is 194 Å². The Morgan fingerprint density at radius 3 is 2.56 bits per heavy atom. The molecule has 1 aliphatic heterocycles. The third-order valence-electron chi connectivity index (χ3n) is 5.01. The van der Waals surface area contributed by atoms with Crippen LogP contribution in [0.2, 0.25) is 0 Å². The quantitative estimate of drug-likeness (QED) is 0.298. The molecule has 0 radical (unpaired) electrons. The first kappa shape index (κ1) is 21.8. The molecule has 1 N–H and O–H groups in total. The van der Waals surface area contributed by atoms with Crippen LogP contribution >= 0.6 is 15.9 Å². The first-order valence-electron chi connectivity index (χ1n) is 10.1. The summed E-state index contributed by atoms with van der Waals surface area (Å²) in [6.07, 6.45) is 3.15. The molecule has 1 unspecified atom stereocenters. The molecule has 1 aromatic heterocycles. The summed E-state index contributed by atoms with van der Waals surface area (Å²) in [5, 5.41) is 11.2. The van der Waals surface area contributed by atoms with E-state index in [2.05, 4.69) is 20.9 Å². The number of aliphatic hydroxyl groups is 1. The minimum Gasteiger partial charge on any atom is -0.507 e. The highest BCUT2D eigenvalue weighted by molar-refractivity contribution is 9.10. The second-order valence-electron chi connectivity index (χ2n) is 7.63. The lowest BCUT2D eigenvalue weighted by Crippen LogP contribution is -2.29. The molecule has 0 saturated carbocycles. The summed E-state index contributed by atoms with van der Waals surface area (Å²) >= 11 is 3.42. The Bertz CT molecular complexity index is 1210. The van der Waals surface area contributed by atoms with Gasteiger partial charge in [0.05, 0.1) is 17.7 Å². The van der Waals surface area contributed by atoms with Gasteiger partial charge in [0.1, 0.15) is 11.5 Å². The average Bonchev–Trinajstić information content (AvgIpc) is 3.04. The van der Waals surface area contributed by atoms with Gasteiger partial charge in [0.2, 0.25) is 0 Å². The molecule has 2 aromatic carbocycles. The van der Waals surface area contributed by atoms with Gasteiger partial charge in [-0.25, -0.2) is 0 Å². The lowest BCUT2D eigenvalue weighted by Gasteiger charge is -2.25. The van der Waals surface area contributed by atoms with Gasteiger partial charge in [0, 0.05) is 28.1 Å². The Hall–Kier alpha value is -3.45. The molecule has 3 aromatic rings. The molecule has 0 spiro atoms. The van der Waals surface area contributed by atoms with Crippen molar-refractivity contribution in [3.8, 4) is 5.75 Å². The molecule has 1 atom stereocenters. The van der Waals surface area contributed by atoms with Gasteiger partial charge in [-0.1, -0.05) is 40.2 Å². The topological polar surface area (TPSA) is 79.7 Å². The first-order chi connectivity index (χ1) is 15.4. The van der Waals surface area contributed by atoms with Crippen molar-refractivity contribution in [2.75, 3.05) is 4.90 Å². The molecular weight excluding hydrogens is 472 g/mol. The number of rotatable bonds is 5. The van der Waals surface area contributed by atoms with E-state index < -0.39 is 17.7 Å². The number of ether oxygens (including phenoxy) is 1. The summed E-state index contributed by atoms with van der Waals surface area (Å²) in [6.45, 7) is 3.80. The van der Waals surface area contributed by atoms with Crippen molar-refractivity contribution in [1.82, 2.24) is 4.98 Å². The number of hydrogen-bond acceptors (Lipinski definition) is 5. The predicted octanol–water partition coefficient (Wildman–Crippen LogP) is 5.26. The molecule has 7 heteroatoms. The van der Waals surface area contributed by atoms with Crippen LogP contribution in [0.5, 0.6) is 5.75 Å². The fraction of sp³-hybridized carbons (Fsp3) is 0.160. The maximum atomic E-state index is 13.2. The van der Waals surface area contributed by atoms with E-state index in [0.717, 1.165) is 4.47 Å². The van der Waals surface area contributed by atoms with E-state index in [1.165, 1.54) is 4.90 Å². The summed E-state index contributed by atoms with van der Waals surface area (Å²) in [5.74, 6) is -1.17. The van der Waals surface area contributed by atoms with Crippen molar-refractivity contribution < 1.29 is 19.4 Å². The Morgan fingerprint density at radius 1 is 1.09 bits per heavy atom. The fourth-order valence-corrected chi connectivity index (χ4v) is 4.11. The number of hydrogen-bond donors (Lipinski definition) is 1. The monoisotopic (exact) mass is 492 g/mol. The van der Waals surface area contributed by atoms with Crippen LogP contribution in [0.1, 0.15) is 31.0 Å². The van der Waals surface area contributed by atoms with Gasteiger partial charge >= 0.3 is 0 Å². The molecule has 1 saturated heterocycles. The van der Waals surface area contributed by atoms with Crippen molar-refractivity contribution in [3.63, 3.8) is 0 Å². The van der Waals surface area contributed by atoms with Crippen LogP contribution in [-0.2, 0) is 9.59 Å². The first-order valence-corrected chi connectivity index (χ1v) is 10.9. The van der Waals surface area contributed by atoms with Gasteiger partial charge < -0.3 is 9.84 Å². The summed E-state index contributed by atoms with van der Waals surface area (Å²) < 4.78 is 6.48. The number of nitrogens with zero attached hydrogens (tertiary/aromatic N) is 2. The van der Waals surface area contributed by atoms with E-state index in [0.29, 0.717) is 22.6 Å². The molecule has 32 heavy (non-hydrogen) atoms. The number of carbonyl (C=O) groups is 2. The minimum absolute atomic E-state index is 0.00433. The number of anilines is 1. The van der Waals surface area contributed by atoms with E-state index in [-0.39, 0.29) is 17.4 Å². The highest BCUT2D eigenvalue weighted by Gasteiger charge is 2.47. The van der Waals surface area contributed by atoms with Crippen LogP contribution in [-0.4, -0.2) is 27.9 Å². The summed E-state index contributed by atoms with van der Waals surface area (Å²) in [6, 6.07) is 16.6. The normalized spacial score (nSPS) is 17.8. The average molecular weight is 493 g/mol. The van der Waals surface area contributed by atoms with Crippen LogP contribution in [0.15, 0.2) is 83.1 Å². The molecule has 0 aliphatic carbocycles. The molecule has 1 amide bonds. The van der Waals surface area contributed by atoms with Crippen LogP contribution < -0.4 is 9.64 Å². The van der Waals surface area contributed by atoms with Gasteiger partial charge in [-0.2, -0.15) is 0 Å². The number of ketones is 1. The highest BCUT2D eigenvalue weighted by atomic mass is 79.9. The van der Waals surface area contributed by atoms with Gasteiger partial charge in [-0.05, 0) is 55.8 Å². The number of Topliss-reactive ketones (excluding diaryl/α,β-unsaturated/α-hetero) is 1. The fourth-order valence-electron chi connectivity index (χ4n) is 3.72. The van der Waals surface area contributed by atoms with E-state index in [1.807, 2.05) is 19.9 Å². The second kappa shape index (κ2) is 8.96. The maximum Gasteiger partial charge on any atom is 0.300 e. The van der Waals surface area contributed by atoms with Gasteiger partial charge in [0.25, 0.3) is 11.7 Å². The summed E-state index contributed by atoms with van der Waals surface area (Å²) in [4.78, 5) is 31.8. The number of aromatic nitrogens is 1. The molecule has 1 aliphatic rings. The second-order valence-corrected chi connectivity index (χ2v) is 8.55. The maximum absolute atomic E-state index is 13.2. The van der Waals surface area contributed by atoms with Crippen LogP contribution in [0.25, 0.3) is 5.76 Å². The zero-order valence-electron chi connectivity index (χ0n) is 17.5. The standard InChI is InChI=1S/C25H21BrN2O4/c1-15(2)32-20-10-3-6-16(12-20)23(29)21-22(17-7-5-11-27-14-17)28(25(31)24(21)30)19-9-4-8-18(26)13-19/h3-15,22,29H,1-2H3/b23-21+. The number of pyridine rings is 1. The SMILES string of the molecule is CC(C)Oc1cccc(/C(O)=C2\C(=O)C(=O)N(c3cccc(Br)c3)C2c2cccnc2)c1. The number of benzene rings is 2. The largest absolute Gasteiger partial charge is 0.507 e. The zero-order valence-corrected chi connectivity index (χ0v) is 19.1. The van der Waals surface area contributed by atoms with E-state index in [1.54, 1.807) is 67.0 Å². The zero-order chi connectivity index (χ0) is 22.8. The Balaban J connectivity index is 1.90. The molecule has 1 fully saturated rings. The third kappa shape index (κ3) is 4.16. The Morgan fingerprint density at radius 2 is 1.88 bits per heavy atom. The lowest BCUT2D eigenvalue weighted by molar-refractivity contribution is -0.132. The minimum atomic E-state index is -0.826. The van der Waals surface area contributed by atoms with E-state index >= 15 is 0 Å². The number of aliphatic hydroxyl groups excluding tert-OH is 1. The van der Waals surface area contributed by atoms with Gasteiger partial charge in [-0.3, -0.25) is 19.5 Å². The number of carbonyl (C=O) groups excluding carboxylic acids is 2. The van der Waals surface area contributed by atoms with Crippen molar-refractivity contribution in [2.45, 2.75) is 26.0 Å². The Kier molecular flexibility index (Phi) is 6.10. The van der Waals surface area contributed by atoms with E-state index in [4.69, 9.17) is 4.74 Å². The summed E-state index contributed by atoms with van der Waals surface area (Å²) in [5.41, 5.74) is 1.54. The molecule has 2 heterocycles. The van der Waals surface area contributed by atoms with Crippen molar-refractivity contribution in [2.24, 2.45) is 0 Å². The number of halogens is 1. The predicted molar refractivity (Wildman–Crippen MR) is 125 cm³/mol. The molecule has 4 rings (SSSR count). The van der Waals surface area contributed by atoms with Gasteiger partial charge in [-0.15, -0.1) is 0 Å². The summed E-state index contributed by atoms with van der Waals surface area (Å²) in [7, 11) is 0. The van der Waals surface area contributed by atoms with Crippen molar-refractivity contribution in [1.29, 1.82) is 0 Å². The van der Waals surface area contributed by atoms with Crippen molar-refractivity contribution in [3.05, 3.63) is 94.2 Å². The molecule has 0 bridgehead atoms. The molecule has 6 nitrogen and oxygen atoms in total. The number of amides is 1. The van der Waals surface area contributed by atoms with Gasteiger partial charge in [0.15, 0.2) is 0 Å². The van der Waals surface area contributed by atoms with Crippen LogP contribution in [0.3, 0.4) is 0 Å². The van der Waals surface area contributed by atoms with Crippen LogP contribution in [0.4, 0.5) is 5.69 Å². The highest BCUT2D eigenvalue weighted by Crippen LogP contribution is 2.42. The smallest absolute Gasteiger partial charge is 0.300 e. The molecule has 162 valence electrons. The van der Waals surface area contributed by atoms with E-state index in [9.17, 15) is 14.7 Å². The lowest BCUT2D eigenvalue weighted by atomic mass is 9.96. The third-order valence-corrected chi connectivity index (χ3v) is 5.50. The van der Waals surface area contributed by atoms with Crippen molar-refractivity contribution >= 4 is 39.1 Å².